The molecule has 0 rings (SSSR count). The molecule has 0 spiro atoms. The van der Waals surface area contributed by atoms with Crippen LogP contribution in [0.2, 0.25) is 0 Å². The van der Waals surface area contributed by atoms with Gasteiger partial charge in [-0.3, -0.25) is 4.79 Å². The summed E-state index contributed by atoms with van der Waals surface area (Å²) < 4.78 is 0. The lowest BCUT2D eigenvalue weighted by Gasteiger charge is -2.27. The molecule has 0 fully saturated rings. The third-order valence-electron chi connectivity index (χ3n) is 1.45. The average molecular weight is 156 g/mol. The van der Waals surface area contributed by atoms with Crippen molar-refractivity contribution in [3.63, 3.8) is 0 Å². The van der Waals surface area contributed by atoms with Crippen molar-refractivity contribution in [2.75, 3.05) is 0 Å². The van der Waals surface area contributed by atoms with Gasteiger partial charge in [0.25, 0.3) is 0 Å². The van der Waals surface area contributed by atoms with Gasteiger partial charge in [-0.05, 0) is 27.7 Å². The topological polar surface area (TPSA) is 32.7 Å². The number of nitrogens with zero attached hydrogens (tertiary/aromatic N) is 2. The van der Waals surface area contributed by atoms with Crippen LogP contribution in [0.25, 0.3) is 0 Å². The van der Waals surface area contributed by atoms with Crippen molar-refractivity contribution in [2.24, 2.45) is 4.99 Å². The van der Waals surface area contributed by atoms with Gasteiger partial charge < -0.3 is 4.90 Å². The predicted octanol–water partition coefficient (Wildman–Crippen LogP) is 1.29. The molecule has 3 nitrogen and oxygen atoms in total. The van der Waals surface area contributed by atoms with Crippen LogP contribution in [-0.2, 0) is 4.79 Å². The van der Waals surface area contributed by atoms with E-state index in [0.717, 1.165) is 0 Å². The molecule has 0 heterocycles. The minimum absolute atomic E-state index is 0.388. The number of amides is 1. The Balaban J connectivity index is 4.10. The first kappa shape index (κ1) is 10.1. The van der Waals surface area contributed by atoms with Crippen LogP contribution in [0.15, 0.2) is 4.99 Å². The zero-order valence-corrected chi connectivity index (χ0v) is 7.61. The number of rotatable bonds is 4. The highest BCUT2D eigenvalue weighted by molar-refractivity contribution is 5.68. The lowest BCUT2D eigenvalue weighted by molar-refractivity contribution is -0.106. The third kappa shape index (κ3) is 3.75. The molecule has 0 aliphatic heterocycles. The standard InChI is InChI=1S/C8H16N2O/c1-7(2)10(8(3)4)5-9-6-11/h5-8H,1-4H3. The molecule has 11 heavy (non-hydrogen) atoms. The molecule has 0 atom stereocenters. The first-order chi connectivity index (χ1) is 5.09. The predicted molar refractivity (Wildman–Crippen MR) is 46.7 cm³/mol. The maximum atomic E-state index is 9.93. The summed E-state index contributed by atoms with van der Waals surface area (Å²) in [6, 6.07) is 0.775. The Hall–Kier alpha value is -0.860. The van der Waals surface area contributed by atoms with Gasteiger partial charge in [0, 0.05) is 12.1 Å². The molecule has 0 saturated carbocycles. The van der Waals surface area contributed by atoms with Gasteiger partial charge in [0.2, 0.25) is 6.41 Å². The average Bonchev–Trinajstić information content (AvgIpc) is 1.87. The normalized spacial score (nSPS) is 11.5. The highest BCUT2D eigenvalue weighted by Gasteiger charge is 2.07. The first-order valence-corrected chi connectivity index (χ1v) is 3.84. The number of carbonyl (C=O) groups is 1. The van der Waals surface area contributed by atoms with E-state index < -0.39 is 0 Å². The van der Waals surface area contributed by atoms with Gasteiger partial charge in [-0.15, -0.1) is 0 Å². The molecular weight excluding hydrogens is 140 g/mol. The fourth-order valence-electron chi connectivity index (χ4n) is 0.967. The maximum absolute atomic E-state index is 9.93. The number of hydrogen-bond acceptors (Lipinski definition) is 1. The van der Waals surface area contributed by atoms with Crippen LogP contribution in [0.5, 0.6) is 0 Å². The van der Waals surface area contributed by atoms with Crippen LogP contribution in [-0.4, -0.2) is 29.7 Å². The third-order valence-corrected chi connectivity index (χ3v) is 1.45. The van der Waals surface area contributed by atoms with Gasteiger partial charge in [-0.25, -0.2) is 4.99 Å². The van der Waals surface area contributed by atoms with Crippen molar-refractivity contribution in [3.8, 4) is 0 Å². The van der Waals surface area contributed by atoms with Gasteiger partial charge in [0.1, 0.15) is 0 Å². The Morgan fingerprint density at radius 3 is 1.91 bits per heavy atom. The summed E-state index contributed by atoms with van der Waals surface area (Å²) in [6.45, 7) is 8.27. The van der Waals surface area contributed by atoms with Crippen LogP contribution in [0.1, 0.15) is 27.7 Å². The molecule has 0 N–H and O–H groups in total. The minimum atomic E-state index is 0.388. The first-order valence-electron chi connectivity index (χ1n) is 3.84. The summed E-state index contributed by atoms with van der Waals surface area (Å²) >= 11 is 0. The summed E-state index contributed by atoms with van der Waals surface area (Å²) in [7, 11) is 0. The van der Waals surface area contributed by atoms with Crippen LogP contribution in [0.3, 0.4) is 0 Å². The van der Waals surface area contributed by atoms with E-state index in [9.17, 15) is 4.79 Å². The molecule has 0 radical (unpaired) electrons. The van der Waals surface area contributed by atoms with Crippen molar-refractivity contribution in [3.05, 3.63) is 0 Å². The van der Waals surface area contributed by atoms with Gasteiger partial charge >= 0.3 is 0 Å². The summed E-state index contributed by atoms with van der Waals surface area (Å²) in [6.07, 6.45) is 2.14. The van der Waals surface area contributed by atoms with E-state index in [0.29, 0.717) is 18.5 Å². The van der Waals surface area contributed by atoms with Gasteiger partial charge in [0.05, 0.1) is 6.34 Å². The molecule has 0 aliphatic carbocycles. The Bertz CT molecular complexity index is 133. The second-order valence-electron chi connectivity index (χ2n) is 3.00. The quantitative estimate of drug-likeness (QED) is 0.349. The minimum Gasteiger partial charge on any atom is -0.358 e. The van der Waals surface area contributed by atoms with E-state index in [4.69, 9.17) is 0 Å². The molecule has 0 unspecified atom stereocenters. The summed E-state index contributed by atoms with van der Waals surface area (Å²) in [5, 5.41) is 0. The Morgan fingerprint density at radius 2 is 1.64 bits per heavy atom. The molecule has 0 aliphatic rings. The lowest BCUT2D eigenvalue weighted by Crippen LogP contribution is -2.35. The van der Waals surface area contributed by atoms with Gasteiger partial charge in [0.15, 0.2) is 0 Å². The van der Waals surface area contributed by atoms with Crippen LogP contribution >= 0.6 is 0 Å². The molecule has 0 bridgehead atoms. The van der Waals surface area contributed by atoms with Gasteiger partial charge in [-0.1, -0.05) is 0 Å². The highest BCUT2D eigenvalue weighted by Crippen LogP contribution is 2.00. The van der Waals surface area contributed by atoms with E-state index in [1.807, 2.05) is 4.90 Å². The second kappa shape index (κ2) is 4.88. The lowest BCUT2D eigenvalue weighted by atomic mass is 10.2. The van der Waals surface area contributed by atoms with Gasteiger partial charge in [-0.2, -0.15) is 0 Å². The molecule has 0 aromatic carbocycles. The molecule has 0 aromatic heterocycles. The molecule has 0 aromatic rings. The van der Waals surface area contributed by atoms with E-state index >= 15 is 0 Å². The fraction of sp³-hybridized carbons (Fsp3) is 0.750. The Labute approximate surface area is 68.1 Å². The molecule has 0 saturated heterocycles. The second-order valence-corrected chi connectivity index (χ2v) is 3.00. The van der Waals surface area contributed by atoms with E-state index in [1.54, 1.807) is 6.34 Å². The van der Waals surface area contributed by atoms with Crippen molar-refractivity contribution in [1.29, 1.82) is 0 Å². The van der Waals surface area contributed by atoms with E-state index in [1.165, 1.54) is 0 Å². The Kier molecular flexibility index (Phi) is 4.50. The fourth-order valence-corrected chi connectivity index (χ4v) is 0.967. The molecule has 3 heteroatoms. The number of aliphatic imine (C=N–C) groups is 1. The highest BCUT2D eigenvalue weighted by atomic mass is 16.1. The zero-order valence-electron chi connectivity index (χ0n) is 7.61. The molecule has 1 amide bonds. The number of carbonyl (C=O) groups excluding carboxylic acids is 1. The van der Waals surface area contributed by atoms with Crippen molar-refractivity contribution >= 4 is 12.7 Å². The summed E-state index contributed by atoms with van der Waals surface area (Å²) in [4.78, 5) is 15.5. The molecule has 64 valence electrons. The van der Waals surface area contributed by atoms with Crippen LogP contribution in [0, 0.1) is 0 Å². The summed E-state index contributed by atoms with van der Waals surface area (Å²) in [5.41, 5.74) is 0. The monoisotopic (exact) mass is 156 g/mol. The zero-order chi connectivity index (χ0) is 8.85. The summed E-state index contributed by atoms with van der Waals surface area (Å²) in [5.74, 6) is 0. The smallest absolute Gasteiger partial charge is 0.234 e. The number of hydrogen-bond donors (Lipinski definition) is 0. The Morgan fingerprint density at radius 1 is 1.18 bits per heavy atom. The van der Waals surface area contributed by atoms with Crippen LogP contribution < -0.4 is 0 Å². The van der Waals surface area contributed by atoms with Crippen LogP contribution in [0.4, 0.5) is 0 Å². The largest absolute Gasteiger partial charge is 0.358 e. The SMILES string of the molecule is CC(C)N(C=NC=O)C(C)C. The molecular formula is C8H16N2O. The maximum Gasteiger partial charge on any atom is 0.234 e. The van der Waals surface area contributed by atoms with E-state index in [2.05, 4.69) is 32.7 Å². The van der Waals surface area contributed by atoms with Crippen molar-refractivity contribution < 1.29 is 4.79 Å². The van der Waals surface area contributed by atoms with E-state index in [-0.39, 0.29) is 0 Å². The van der Waals surface area contributed by atoms with Crippen molar-refractivity contribution in [1.82, 2.24) is 4.90 Å². The van der Waals surface area contributed by atoms with Crippen molar-refractivity contribution in [2.45, 2.75) is 39.8 Å².